The van der Waals surface area contributed by atoms with E-state index >= 15 is 0 Å². The molecule has 0 heterocycles. The molecule has 0 saturated carbocycles. The average molecular weight is 342 g/mol. The summed E-state index contributed by atoms with van der Waals surface area (Å²) in [7, 11) is 6.14. The summed E-state index contributed by atoms with van der Waals surface area (Å²) in [6.07, 6.45) is 3.45. The maximum atomic E-state index is 11.4. The summed E-state index contributed by atoms with van der Waals surface area (Å²) < 4.78 is 20.7. The molecule has 2 aromatic rings. The first-order chi connectivity index (χ1) is 12.1. The monoisotopic (exact) mass is 342 g/mol. The molecule has 132 valence electrons. The predicted molar refractivity (Wildman–Crippen MR) is 96.5 cm³/mol. The van der Waals surface area contributed by atoms with Crippen molar-refractivity contribution >= 4 is 18.1 Å². The summed E-state index contributed by atoms with van der Waals surface area (Å²) in [6.45, 7) is 0. The van der Waals surface area contributed by atoms with Crippen LogP contribution in [0.25, 0.3) is 12.2 Å². The highest BCUT2D eigenvalue weighted by atomic mass is 16.7. The molecular weight excluding hydrogens is 320 g/mol. The highest BCUT2D eigenvalue weighted by Gasteiger charge is 2.14. The molecule has 5 nitrogen and oxygen atoms in total. The van der Waals surface area contributed by atoms with Crippen molar-refractivity contribution in [3.8, 4) is 5.75 Å². The van der Waals surface area contributed by atoms with Crippen molar-refractivity contribution in [2.24, 2.45) is 0 Å². The fourth-order valence-electron chi connectivity index (χ4n) is 2.42. The van der Waals surface area contributed by atoms with Gasteiger partial charge in [-0.3, -0.25) is 0 Å². The average Bonchev–Trinajstić information content (AvgIpc) is 2.67. The number of methoxy groups -OCH3 is 4. The van der Waals surface area contributed by atoms with E-state index in [1.54, 1.807) is 33.5 Å². The van der Waals surface area contributed by atoms with Crippen molar-refractivity contribution in [1.29, 1.82) is 0 Å². The number of carbonyl (C=O) groups is 1. The van der Waals surface area contributed by atoms with E-state index in [0.717, 1.165) is 16.7 Å². The number of ether oxygens (including phenoxy) is 4. The standard InChI is InChI=1S/C20H22O5/c1-22-18-13-15(9-12-17(18)20(24-3)25-4)6-5-14-7-10-16(11-8-14)19(21)23-2/h5-13,20H,1-4H3/b6-5+. The lowest BCUT2D eigenvalue weighted by atomic mass is 10.1. The minimum Gasteiger partial charge on any atom is -0.496 e. The van der Waals surface area contributed by atoms with E-state index in [-0.39, 0.29) is 5.97 Å². The van der Waals surface area contributed by atoms with Crippen LogP contribution in [0.15, 0.2) is 42.5 Å². The van der Waals surface area contributed by atoms with Gasteiger partial charge in [-0.05, 0) is 35.4 Å². The molecule has 0 aliphatic heterocycles. The summed E-state index contributed by atoms with van der Waals surface area (Å²) in [4.78, 5) is 11.4. The Hall–Kier alpha value is -2.63. The van der Waals surface area contributed by atoms with E-state index in [9.17, 15) is 4.79 Å². The molecule has 0 aliphatic carbocycles. The fraction of sp³-hybridized carbons (Fsp3) is 0.250. The predicted octanol–water partition coefficient (Wildman–Crippen LogP) is 3.94. The van der Waals surface area contributed by atoms with Crippen molar-refractivity contribution in [1.82, 2.24) is 0 Å². The number of esters is 1. The topological polar surface area (TPSA) is 54.0 Å². The molecule has 0 N–H and O–H groups in total. The molecule has 0 aliphatic rings. The van der Waals surface area contributed by atoms with Crippen LogP contribution in [0, 0.1) is 0 Å². The van der Waals surface area contributed by atoms with Gasteiger partial charge in [0.1, 0.15) is 5.75 Å². The molecule has 0 radical (unpaired) electrons. The third-order valence-electron chi connectivity index (χ3n) is 3.74. The van der Waals surface area contributed by atoms with Crippen LogP contribution in [0.1, 0.15) is 33.3 Å². The van der Waals surface area contributed by atoms with Gasteiger partial charge in [0.15, 0.2) is 6.29 Å². The second-order valence-electron chi connectivity index (χ2n) is 5.25. The molecule has 2 rings (SSSR count). The Morgan fingerprint density at radius 2 is 1.48 bits per heavy atom. The van der Waals surface area contributed by atoms with Gasteiger partial charge in [-0.15, -0.1) is 0 Å². The van der Waals surface area contributed by atoms with Gasteiger partial charge in [-0.25, -0.2) is 4.79 Å². The molecule has 0 bridgehead atoms. The molecule has 0 fully saturated rings. The largest absolute Gasteiger partial charge is 0.496 e. The summed E-state index contributed by atoms with van der Waals surface area (Å²) in [5.74, 6) is 0.346. The van der Waals surface area contributed by atoms with Crippen LogP contribution in [0.5, 0.6) is 5.75 Å². The van der Waals surface area contributed by atoms with E-state index < -0.39 is 6.29 Å². The van der Waals surface area contributed by atoms with Crippen LogP contribution < -0.4 is 4.74 Å². The van der Waals surface area contributed by atoms with Crippen LogP contribution in [0.2, 0.25) is 0 Å². The lowest BCUT2D eigenvalue weighted by Crippen LogP contribution is -2.05. The van der Waals surface area contributed by atoms with Crippen LogP contribution >= 0.6 is 0 Å². The Labute approximate surface area is 147 Å². The first-order valence-electron chi connectivity index (χ1n) is 7.73. The smallest absolute Gasteiger partial charge is 0.337 e. The van der Waals surface area contributed by atoms with Gasteiger partial charge in [0, 0.05) is 19.8 Å². The van der Waals surface area contributed by atoms with E-state index in [0.29, 0.717) is 11.3 Å². The molecular formula is C20H22O5. The number of benzene rings is 2. The van der Waals surface area contributed by atoms with Crippen molar-refractivity contribution in [3.63, 3.8) is 0 Å². The van der Waals surface area contributed by atoms with Gasteiger partial charge >= 0.3 is 5.97 Å². The Balaban J connectivity index is 2.19. The third-order valence-corrected chi connectivity index (χ3v) is 3.74. The summed E-state index contributed by atoms with van der Waals surface area (Å²) in [5, 5.41) is 0. The van der Waals surface area contributed by atoms with Crippen LogP contribution in [0.3, 0.4) is 0 Å². The summed E-state index contributed by atoms with van der Waals surface area (Å²) in [5.41, 5.74) is 3.30. The Morgan fingerprint density at radius 1 is 0.880 bits per heavy atom. The SMILES string of the molecule is COC(=O)c1ccc(/C=C/c2ccc(C(OC)OC)c(OC)c2)cc1. The second-order valence-corrected chi connectivity index (χ2v) is 5.25. The van der Waals surface area contributed by atoms with Gasteiger partial charge in [0.25, 0.3) is 0 Å². The van der Waals surface area contributed by atoms with Crippen LogP contribution in [-0.2, 0) is 14.2 Å². The molecule has 0 spiro atoms. The molecule has 0 aromatic heterocycles. The lowest BCUT2D eigenvalue weighted by Gasteiger charge is -2.17. The van der Waals surface area contributed by atoms with Gasteiger partial charge in [-0.1, -0.05) is 30.4 Å². The molecule has 0 unspecified atom stereocenters. The number of carbonyl (C=O) groups excluding carboxylic acids is 1. The van der Waals surface area contributed by atoms with Crippen molar-refractivity contribution < 1.29 is 23.7 Å². The van der Waals surface area contributed by atoms with Gasteiger partial charge in [-0.2, -0.15) is 0 Å². The van der Waals surface area contributed by atoms with Gasteiger partial charge in [0.2, 0.25) is 0 Å². The molecule has 0 atom stereocenters. The van der Waals surface area contributed by atoms with E-state index in [4.69, 9.17) is 14.2 Å². The number of hydrogen-bond acceptors (Lipinski definition) is 5. The Morgan fingerprint density at radius 3 is 2.04 bits per heavy atom. The number of rotatable bonds is 7. The van der Waals surface area contributed by atoms with E-state index in [1.807, 2.05) is 42.5 Å². The first kappa shape index (κ1) is 18.7. The molecule has 2 aromatic carbocycles. The van der Waals surface area contributed by atoms with Crippen molar-refractivity contribution in [2.45, 2.75) is 6.29 Å². The Bertz CT molecular complexity index is 730. The molecule has 0 saturated heterocycles. The van der Waals surface area contributed by atoms with Crippen LogP contribution in [-0.4, -0.2) is 34.4 Å². The lowest BCUT2D eigenvalue weighted by molar-refractivity contribution is -0.106. The van der Waals surface area contributed by atoms with Crippen molar-refractivity contribution in [2.75, 3.05) is 28.4 Å². The van der Waals surface area contributed by atoms with E-state index in [1.165, 1.54) is 7.11 Å². The summed E-state index contributed by atoms with van der Waals surface area (Å²) >= 11 is 0. The third kappa shape index (κ3) is 4.68. The number of hydrogen-bond donors (Lipinski definition) is 0. The highest BCUT2D eigenvalue weighted by molar-refractivity contribution is 5.89. The van der Waals surface area contributed by atoms with Gasteiger partial charge in [0.05, 0.1) is 19.8 Å². The quantitative estimate of drug-likeness (QED) is 0.433. The maximum Gasteiger partial charge on any atom is 0.337 e. The maximum absolute atomic E-state index is 11.4. The minimum absolute atomic E-state index is 0.346. The highest BCUT2D eigenvalue weighted by Crippen LogP contribution is 2.29. The van der Waals surface area contributed by atoms with Gasteiger partial charge < -0.3 is 18.9 Å². The Kier molecular flexibility index (Phi) is 6.74. The van der Waals surface area contributed by atoms with Crippen molar-refractivity contribution in [3.05, 3.63) is 64.7 Å². The zero-order valence-corrected chi connectivity index (χ0v) is 14.8. The normalized spacial score (nSPS) is 11.1. The molecule has 25 heavy (non-hydrogen) atoms. The van der Waals surface area contributed by atoms with Crippen LogP contribution in [0.4, 0.5) is 0 Å². The molecule has 5 heteroatoms. The molecule has 0 amide bonds. The second kappa shape index (κ2) is 9.01. The zero-order valence-electron chi connectivity index (χ0n) is 14.8. The zero-order chi connectivity index (χ0) is 18.2. The minimum atomic E-state index is -0.473. The fourth-order valence-corrected chi connectivity index (χ4v) is 2.42. The van der Waals surface area contributed by atoms with E-state index in [2.05, 4.69) is 4.74 Å². The summed E-state index contributed by atoms with van der Waals surface area (Å²) in [6, 6.07) is 13.0. The first-order valence-corrected chi connectivity index (χ1v) is 7.73.